The predicted molar refractivity (Wildman–Crippen MR) is 72.6 cm³/mol. The number of aromatic nitrogens is 3. The normalized spacial score (nSPS) is 15.1. The van der Waals surface area contributed by atoms with E-state index >= 15 is 0 Å². The quantitative estimate of drug-likeness (QED) is 0.862. The summed E-state index contributed by atoms with van der Waals surface area (Å²) >= 11 is 0. The molecule has 0 aromatic carbocycles. The minimum Gasteiger partial charge on any atom is -0.481 e. The highest BCUT2D eigenvalue weighted by Crippen LogP contribution is 2.37. The van der Waals surface area contributed by atoms with Crippen LogP contribution in [-0.2, 0) is 19.1 Å². The van der Waals surface area contributed by atoms with Crippen molar-refractivity contribution >= 4 is 0 Å². The van der Waals surface area contributed by atoms with Crippen molar-refractivity contribution in [3.8, 4) is 11.6 Å². The van der Waals surface area contributed by atoms with E-state index in [9.17, 15) is 13.2 Å². The molecule has 0 fully saturated rings. The summed E-state index contributed by atoms with van der Waals surface area (Å²) in [5.41, 5.74) is 0.832. The Morgan fingerprint density at radius 3 is 2.78 bits per heavy atom. The standard InChI is InChI=1S/C14H13F3N4O2/c1-22-13-11(14(15,16)17)4-10(6-19-13)23-21-3-2-12-9(7-21)5-18-8-20-12/h4-6,8H,2-3,7H2,1H3. The van der Waals surface area contributed by atoms with Crippen LogP contribution in [-0.4, -0.2) is 33.7 Å². The Bertz CT molecular complexity index is 709. The van der Waals surface area contributed by atoms with E-state index in [1.807, 2.05) is 0 Å². The number of hydrogen-bond acceptors (Lipinski definition) is 6. The van der Waals surface area contributed by atoms with E-state index in [4.69, 9.17) is 4.84 Å². The molecule has 3 heterocycles. The van der Waals surface area contributed by atoms with Crippen molar-refractivity contribution in [2.75, 3.05) is 13.7 Å². The molecule has 0 aliphatic carbocycles. The summed E-state index contributed by atoms with van der Waals surface area (Å²) in [6.45, 7) is 0.904. The third kappa shape index (κ3) is 3.34. The van der Waals surface area contributed by atoms with Crippen molar-refractivity contribution in [3.05, 3.63) is 41.6 Å². The molecular formula is C14H13F3N4O2. The Morgan fingerprint density at radius 1 is 1.22 bits per heavy atom. The summed E-state index contributed by atoms with van der Waals surface area (Å²) in [6.07, 6.45) is 0.405. The van der Waals surface area contributed by atoms with Gasteiger partial charge in [0.25, 0.3) is 0 Å². The molecule has 0 radical (unpaired) electrons. The number of pyridine rings is 1. The van der Waals surface area contributed by atoms with Gasteiger partial charge in [0.05, 0.1) is 19.9 Å². The Kier molecular flexibility index (Phi) is 4.03. The number of halogens is 3. The lowest BCUT2D eigenvalue weighted by Crippen LogP contribution is -2.34. The molecule has 2 aromatic rings. The van der Waals surface area contributed by atoms with Crippen molar-refractivity contribution in [3.63, 3.8) is 0 Å². The third-order valence-electron chi connectivity index (χ3n) is 3.39. The second-order valence-corrected chi connectivity index (χ2v) is 4.93. The third-order valence-corrected chi connectivity index (χ3v) is 3.39. The minimum absolute atomic E-state index is 0.00146. The molecule has 0 saturated heterocycles. The number of rotatable bonds is 3. The van der Waals surface area contributed by atoms with Gasteiger partial charge in [0.2, 0.25) is 5.88 Å². The van der Waals surface area contributed by atoms with E-state index in [-0.39, 0.29) is 5.75 Å². The van der Waals surface area contributed by atoms with Crippen molar-refractivity contribution in [1.29, 1.82) is 0 Å². The average Bonchev–Trinajstić information content (AvgIpc) is 2.54. The first-order valence-electron chi connectivity index (χ1n) is 6.79. The van der Waals surface area contributed by atoms with Gasteiger partial charge in [-0.15, -0.1) is 5.06 Å². The largest absolute Gasteiger partial charge is 0.481 e. The molecule has 0 atom stereocenters. The molecule has 2 aromatic heterocycles. The zero-order valence-corrected chi connectivity index (χ0v) is 12.2. The highest BCUT2D eigenvalue weighted by molar-refractivity contribution is 5.35. The second-order valence-electron chi connectivity index (χ2n) is 4.93. The van der Waals surface area contributed by atoms with E-state index in [2.05, 4.69) is 19.7 Å². The van der Waals surface area contributed by atoms with E-state index in [0.29, 0.717) is 19.5 Å². The van der Waals surface area contributed by atoms with Gasteiger partial charge in [-0.05, 0) is 0 Å². The molecule has 3 rings (SSSR count). The first-order chi connectivity index (χ1) is 11.0. The molecular weight excluding hydrogens is 313 g/mol. The summed E-state index contributed by atoms with van der Waals surface area (Å²) < 4.78 is 43.6. The van der Waals surface area contributed by atoms with Crippen molar-refractivity contribution < 1.29 is 22.7 Å². The summed E-state index contributed by atoms with van der Waals surface area (Å²) in [5, 5.41) is 1.55. The maximum absolute atomic E-state index is 13.0. The van der Waals surface area contributed by atoms with Gasteiger partial charge in [0.1, 0.15) is 11.9 Å². The van der Waals surface area contributed by atoms with Gasteiger partial charge in [-0.3, -0.25) is 0 Å². The monoisotopic (exact) mass is 326 g/mol. The maximum Gasteiger partial charge on any atom is 0.421 e. The molecule has 1 aliphatic rings. The first kappa shape index (κ1) is 15.5. The van der Waals surface area contributed by atoms with Crippen molar-refractivity contribution in [2.45, 2.75) is 19.1 Å². The van der Waals surface area contributed by atoms with Gasteiger partial charge in [-0.2, -0.15) is 13.2 Å². The average molecular weight is 326 g/mol. The molecule has 0 amide bonds. The molecule has 0 saturated carbocycles. The topological polar surface area (TPSA) is 60.4 Å². The maximum atomic E-state index is 13.0. The van der Waals surface area contributed by atoms with Crippen LogP contribution in [0.4, 0.5) is 13.2 Å². The van der Waals surface area contributed by atoms with Crippen LogP contribution < -0.4 is 9.57 Å². The smallest absolute Gasteiger partial charge is 0.421 e. The van der Waals surface area contributed by atoms with Crippen molar-refractivity contribution in [1.82, 2.24) is 20.0 Å². The molecule has 1 aliphatic heterocycles. The fourth-order valence-corrected chi connectivity index (χ4v) is 2.32. The Balaban J connectivity index is 1.79. The summed E-state index contributed by atoms with van der Waals surface area (Å²) in [5.74, 6) is -0.485. The van der Waals surface area contributed by atoms with Crippen LogP contribution in [0.5, 0.6) is 11.6 Å². The summed E-state index contributed by atoms with van der Waals surface area (Å²) in [4.78, 5) is 17.3. The van der Waals surface area contributed by atoms with Crippen LogP contribution in [0.2, 0.25) is 0 Å². The number of alkyl halides is 3. The van der Waals surface area contributed by atoms with Gasteiger partial charge in [-0.1, -0.05) is 0 Å². The van der Waals surface area contributed by atoms with Crippen LogP contribution in [0.15, 0.2) is 24.8 Å². The minimum atomic E-state index is -4.57. The Morgan fingerprint density at radius 2 is 2.04 bits per heavy atom. The van der Waals surface area contributed by atoms with Gasteiger partial charge >= 0.3 is 6.18 Å². The van der Waals surface area contributed by atoms with E-state index in [1.165, 1.54) is 12.5 Å². The molecule has 0 unspecified atom stereocenters. The number of hydroxylamine groups is 2. The van der Waals surface area contributed by atoms with Crippen LogP contribution in [0.1, 0.15) is 16.8 Å². The fraction of sp³-hybridized carbons (Fsp3) is 0.357. The molecule has 23 heavy (non-hydrogen) atoms. The lowest BCUT2D eigenvalue weighted by Gasteiger charge is -2.27. The van der Waals surface area contributed by atoms with Crippen LogP contribution in [0.3, 0.4) is 0 Å². The highest BCUT2D eigenvalue weighted by atomic mass is 19.4. The lowest BCUT2D eigenvalue weighted by atomic mass is 10.1. The van der Waals surface area contributed by atoms with Crippen LogP contribution >= 0.6 is 0 Å². The summed E-state index contributed by atoms with van der Waals surface area (Å²) in [7, 11) is 1.14. The van der Waals surface area contributed by atoms with Gasteiger partial charge in [-0.25, -0.2) is 15.0 Å². The molecule has 122 valence electrons. The number of nitrogens with zero attached hydrogens (tertiary/aromatic N) is 4. The lowest BCUT2D eigenvalue weighted by molar-refractivity contribution is -0.139. The molecule has 9 heteroatoms. The molecule has 0 spiro atoms. The fourth-order valence-electron chi connectivity index (χ4n) is 2.32. The molecule has 0 bridgehead atoms. The zero-order chi connectivity index (χ0) is 16.4. The van der Waals surface area contributed by atoms with Gasteiger partial charge < -0.3 is 9.57 Å². The highest BCUT2D eigenvalue weighted by Gasteiger charge is 2.36. The molecule has 6 nitrogen and oxygen atoms in total. The number of hydrogen-bond donors (Lipinski definition) is 0. The zero-order valence-electron chi connectivity index (χ0n) is 12.2. The number of methoxy groups -OCH3 is 1. The predicted octanol–water partition coefficient (Wildman–Crippen LogP) is 2.25. The Labute approximate surface area is 129 Å². The van der Waals surface area contributed by atoms with Gasteiger partial charge in [0.15, 0.2) is 5.75 Å². The summed E-state index contributed by atoms with van der Waals surface area (Å²) in [6, 6.07) is 0.878. The van der Waals surface area contributed by atoms with Gasteiger partial charge in [0, 0.05) is 36.5 Å². The van der Waals surface area contributed by atoms with Crippen LogP contribution in [0.25, 0.3) is 0 Å². The van der Waals surface area contributed by atoms with Crippen molar-refractivity contribution in [2.24, 2.45) is 0 Å². The van der Waals surface area contributed by atoms with Crippen LogP contribution in [0, 0.1) is 0 Å². The number of fused-ring (bicyclic) bond motifs is 1. The second kappa shape index (κ2) is 5.99. The molecule has 0 N–H and O–H groups in total. The van der Waals surface area contributed by atoms with E-state index in [1.54, 1.807) is 11.3 Å². The van der Waals surface area contributed by atoms with E-state index < -0.39 is 17.6 Å². The SMILES string of the molecule is COc1ncc(ON2CCc3ncncc3C2)cc1C(F)(F)F. The Hall–Kier alpha value is -2.42. The number of ether oxygens (including phenoxy) is 1. The van der Waals surface area contributed by atoms with E-state index in [0.717, 1.165) is 24.4 Å². The first-order valence-corrected chi connectivity index (χ1v) is 6.79.